The first-order valence-electron chi connectivity index (χ1n) is 6.65. The van der Waals surface area contributed by atoms with Gasteiger partial charge in [0.05, 0.1) is 13.2 Å². The van der Waals surface area contributed by atoms with Gasteiger partial charge >= 0.3 is 12.1 Å². The minimum absolute atomic E-state index is 0.218. The molecule has 0 amide bonds. The third kappa shape index (κ3) is 3.66. The second-order valence-electron chi connectivity index (χ2n) is 4.85. The van der Waals surface area contributed by atoms with E-state index in [-0.39, 0.29) is 13.1 Å². The lowest BCUT2D eigenvalue weighted by atomic mass is 10.2. The molecule has 1 N–H and O–H groups in total. The van der Waals surface area contributed by atoms with Crippen LogP contribution in [-0.2, 0) is 17.5 Å². The molecule has 0 bridgehead atoms. The van der Waals surface area contributed by atoms with Crippen LogP contribution in [0.3, 0.4) is 0 Å². The highest BCUT2D eigenvalue weighted by atomic mass is 19.4. The van der Waals surface area contributed by atoms with Gasteiger partial charge in [0.15, 0.2) is 0 Å². The Morgan fingerprint density at radius 3 is 2.41 bits per heavy atom. The van der Waals surface area contributed by atoms with Crippen LogP contribution >= 0.6 is 0 Å². The number of carboxylic acid groups (broad SMARTS) is 1. The van der Waals surface area contributed by atoms with Crippen LogP contribution in [0.2, 0.25) is 0 Å². The molecule has 2 rings (SSSR count). The summed E-state index contributed by atoms with van der Waals surface area (Å²) in [6, 6.07) is 1.32. The van der Waals surface area contributed by atoms with Crippen molar-refractivity contribution in [3.63, 3.8) is 0 Å². The monoisotopic (exact) mass is 320 g/mol. The van der Waals surface area contributed by atoms with E-state index in [9.17, 15) is 22.8 Å². The number of aromatic nitrogens is 1. The fraction of sp³-hybridized carbons (Fsp3) is 0.538. The number of aromatic carboxylic acids is 1. The molecule has 1 aliphatic rings. The van der Waals surface area contributed by atoms with Crippen LogP contribution in [0.4, 0.5) is 13.2 Å². The molecule has 6 nitrogen and oxygen atoms in total. The maximum absolute atomic E-state index is 13.0. The Balaban J connectivity index is 2.31. The van der Waals surface area contributed by atoms with E-state index in [4.69, 9.17) is 9.84 Å². The first kappa shape index (κ1) is 16.5. The van der Waals surface area contributed by atoms with Crippen molar-refractivity contribution >= 4 is 5.97 Å². The normalized spacial score (nSPS) is 16.7. The summed E-state index contributed by atoms with van der Waals surface area (Å²) in [5.74, 6) is -1.54. The summed E-state index contributed by atoms with van der Waals surface area (Å²) >= 11 is 0. The van der Waals surface area contributed by atoms with Crippen LogP contribution in [0.15, 0.2) is 16.9 Å². The number of pyridine rings is 1. The third-order valence-electron chi connectivity index (χ3n) is 3.44. The Labute approximate surface area is 123 Å². The van der Waals surface area contributed by atoms with E-state index in [1.165, 1.54) is 0 Å². The average molecular weight is 320 g/mol. The quantitative estimate of drug-likeness (QED) is 0.892. The van der Waals surface area contributed by atoms with Crippen molar-refractivity contribution in [2.24, 2.45) is 0 Å². The molecule has 0 aromatic carbocycles. The summed E-state index contributed by atoms with van der Waals surface area (Å²) in [7, 11) is 0. The first-order chi connectivity index (χ1) is 10.3. The molecule has 1 aliphatic heterocycles. The zero-order valence-electron chi connectivity index (χ0n) is 11.6. The Kier molecular flexibility index (Phi) is 4.87. The number of halogens is 3. The van der Waals surface area contributed by atoms with Crippen molar-refractivity contribution in [3.05, 3.63) is 33.7 Å². The van der Waals surface area contributed by atoms with Crippen molar-refractivity contribution in [1.29, 1.82) is 0 Å². The zero-order valence-corrected chi connectivity index (χ0v) is 11.6. The van der Waals surface area contributed by atoms with Gasteiger partial charge in [-0.25, -0.2) is 4.79 Å². The SMILES string of the molecule is O=C(O)c1ccc(C(F)(F)F)n(CCN2CCOCC2)c1=O. The van der Waals surface area contributed by atoms with E-state index >= 15 is 0 Å². The van der Waals surface area contributed by atoms with Crippen molar-refractivity contribution in [2.45, 2.75) is 12.7 Å². The Bertz CT molecular complexity index is 606. The van der Waals surface area contributed by atoms with Gasteiger partial charge in [-0.05, 0) is 12.1 Å². The van der Waals surface area contributed by atoms with E-state index in [0.717, 1.165) is 0 Å². The number of morpholine rings is 1. The van der Waals surface area contributed by atoms with Crippen molar-refractivity contribution in [3.8, 4) is 0 Å². The standard InChI is InChI=1S/C13H15F3N2O4/c14-13(15,16)10-2-1-9(12(20)21)11(19)18(10)4-3-17-5-7-22-8-6-17/h1-2H,3-8H2,(H,20,21). The number of rotatable bonds is 4. The number of carboxylic acids is 1. The van der Waals surface area contributed by atoms with E-state index in [1.54, 1.807) is 0 Å². The lowest BCUT2D eigenvalue weighted by Gasteiger charge is -2.27. The smallest absolute Gasteiger partial charge is 0.431 e. The molecule has 0 atom stereocenters. The molecule has 122 valence electrons. The molecule has 9 heteroatoms. The Morgan fingerprint density at radius 1 is 1.23 bits per heavy atom. The van der Waals surface area contributed by atoms with Crippen molar-refractivity contribution in [2.75, 3.05) is 32.8 Å². The Morgan fingerprint density at radius 2 is 1.86 bits per heavy atom. The maximum Gasteiger partial charge on any atom is 0.431 e. The van der Waals surface area contributed by atoms with Gasteiger partial charge in [-0.2, -0.15) is 13.2 Å². The van der Waals surface area contributed by atoms with Gasteiger partial charge in [0.1, 0.15) is 11.3 Å². The maximum atomic E-state index is 13.0. The van der Waals surface area contributed by atoms with Crippen molar-refractivity contribution in [1.82, 2.24) is 9.47 Å². The minimum atomic E-state index is -4.72. The highest BCUT2D eigenvalue weighted by molar-refractivity contribution is 5.87. The fourth-order valence-corrected chi connectivity index (χ4v) is 2.28. The summed E-state index contributed by atoms with van der Waals surface area (Å²) < 4.78 is 44.6. The van der Waals surface area contributed by atoms with Gasteiger partial charge < -0.3 is 14.4 Å². The van der Waals surface area contributed by atoms with Gasteiger partial charge in [0, 0.05) is 26.2 Å². The van der Waals surface area contributed by atoms with Gasteiger partial charge in [-0.3, -0.25) is 9.69 Å². The van der Waals surface area contributed by atoms with E-state index < -0.39 is 29.0 Å². The number of hydrogen-bond donors (Lipinski definition) is 1. The fourth-order valence-electron chi connectivity index (χ4n) is 2.28. The van der Waals surface area contributed by atoms with Crippen LogP contribution < -0.4 is 5.56 Å². The topological polar surface area (TPSA) is 71.8 Å². The lowest BCUT2D eigenvalue weighted by Crippen LogP contribution is -2.41. The largest absolute Gasteiger partial charge is 0.477 e. The highest BCUT2D eigenvalue weighted by Crippen LogP contribution is 2.28. The van der Waals surface area contributed by atoms with E-state index in [1.807, 2.05) is 4.90 Å². The minimum Gasteiger partial charge on any atom is -0.477 e. The van der Waals surface area contributed by atoms with E-state index in [2.05, 4.69) is 0 Å². The molecule has 22 heavy (non-hydrogen) atoms. The molecule has 0 radical (unpaired) electrons. The van der Waals surface area contributed by atoms with Crippen molar-refractivity contribution < 1.29 is 27.8 Å². The molecule has 1 aromatic heterocycles. The molecule has 0 spiro atoms. The van der Waals surface area contributed by atoms with Crippen LogP contribution in [0, 0.1) is 0 Å². The summed E-state index contributed by atoms with van der Waals surface area (Å²) in [4.78, 5) is 24.8. The van der Waals surface area contributed by atoms with E-state index in [0.29, 0.717) is 43.0 Å². The lowest BCUT2D eigenvalue weighted by molar-refractivity contribution is -0.144. The number of nitrogens with zero attached hydrogens (tertiary/aromatic N) is 2. The molecule has 1 saturated heterocycles. The molecule has 2 heterocycles. The average Bonchev–Trinajstić information content (AvgIpc) is 2.45. The summed E-state index contributed by atoms with van der Waals surface area (Å²) in [5, 5.41) is 8.88. The van der Waals surface area contributed by atoms with Gasteiger partial charge in [-0.1, -0.05) is 0 Å². The third-order valence-corrected chi connectivity index (χ3v) is 3.44. The summed E-state index contributed by atoms with van der Waals surface area (Å²) in [5.41, 5.74) is -2.96. The van der Waals surface area contributed by atoms with Gasteiger partial charge in [-0.15, -0.1) is 0 Å². The number of hydrogen-bond acceptors (Lipinski definition) is 4. The van der Waals surface area contributed by atoms with Gasteiger partial charge in [0.2, 0.25) is 0 Å². The first-order valence-corrected chi connectivity index (χ1v) is 6.65. The molecule has 0 aliphatic carbocycles. The Hall–Kier alpha value is -1.87. The number of alkyl halides is 3. The highest BCUT2D eigenvalue weighted by Gasteiger charge is 2.35. The molecule has 0 saturated carbocycles. The van der Waals surface area contributed by atoms with Crippen LogP contribution in [0.1, 0.15) is 16.1 Å². The van der Waals surface area contributed by atoms with Gasteiger partial charge in [0.25, 0.3) is 5.56 Å². The molecule has 0 unspecified atom stereocenters. The molecular formula is C13H15F3N2O4. The predicted octanol–water partition coefficient (Wildman–Crippen LogP) is 0.898. The summed E-state index contributed by atoms with van der Waals surface area (Å²) in [6.45, 7) is 2.08. The number of carbonyl (C=O) groups is 1. The second-order valence-corrected chi connectivity index (χ2v) is 4.85. The number of ether oxygens (including phenoxy) is 1. The van der Waals surface area contributed by atoms with Crippen LogP contribution in [-0.4, -0.2) is 53.4 Å². The van der Waals surface area contributed by atoms with Crippen LogP contribution in [0.5, 0.6) is 0 Å². The predicted molar refractivity (Wildman–Crippen MR) is 69.9 cm³/mol. The molecular weight excluding hydrogens is 305 g/mol. The van der Waals surface area contributed by atoms with Crippen LogP contribution in [0.25, 0.3) is 0 Å². The zero-order chi connectivity index (χ0) is 16.3. The second kappa shape index (κ2) is 6.49. The summed E-state index contributed by atoms with van der Waals surface area (Å²) in [6.07, 6.45) is -4.72. The molecule has 1 fully saturated rings. The molecule has 1 aromatic rings.